The zero-order valence-corrected chi connectivity index (χ0v) is 17.0. The Bertz CT molecular complexity index is 659. The molecule has 1 aliphatic heterocycles. The maximum Gasteiger partial charge on any atom is 0.231 e. The van der Waals surface area contributed by atoms with E-state index in [0.717, 1.165) is 36.3 Å². The molecular formula is C21H32ClN3O2. The van der Waals surface area contributed by atoms with Crippen molar-refractivity contribution in [3.8, 4) is 0 Å². The van der Waals surface area contributed by atoms with Crippen LogP contribution in [0.15, 0.2) is 18.2 Å². The van der Waals surface area contributed by atoms with Gasteiger partial charge in [-0.2, -0.15) is 0 Å². The summed E-state index contributed by atoms with van der Waals surface area (Å²) >= 11 is 0. The Labute approximate surface area is 168 Å². The number of carbonyl (C=O) groups is 2. The van der Waals surface area contributed by atoms with Gasteiger partial charge in [-0.25, -0.2) is 0 Å². The minimum atomic E-state index is -0.189. The van der Waals surface area contributed by atoms with Crippen LogP contribution in [0.2, 0.25) is 0 Å². The van der Waals surface area contributed by atoms with Gasteiger partial charge in [-0.15, -0.1) is 12.4 Å². The Morgan fingerprint density at radius 3 is 2.67 bits per heavy atom. The van der Waals surface area contributed by atoms with Crippen molar-refractivity contribution in [2.24, 2.45) is 17.6 Å². The fraction of sp³-hybridized carbons (Fsp3) is 0.619. The molecule has 27 heavy (non-hydrogen) atoms. The molecule has 1 aliphatic carbocycles. The van der Waals surface area contributed by atoms with Crippen LogP contribution in [-0.4, -0.2) is 24.9 Å². The van der Waals surface area contributed by atoms with Crippen molar-refractivity contribution in [3.63, 3.8) is 0 Å². The zero-order valence-electron chi connectivity index (χ0n) is 16.2. The number of rotatable bonds is 5. The van der Waals surface area contributed by atoms with Crippen LogP contribution in [-0.2, 0) is 16.0 Å². The highest BCUT2D eigenvalue weighted by Gasteiger charge is 2.27. The summed E-state index contributed by atoms with van der Waals surface area (Å²) in [5, 5.41) is 3.12. The first kappa shape index (κ1) is 21.7. The molecule has 3 N–H and O–H groups in total. The fourth-order valence-electron chi connectivity index (χ4n) is 4.19. The van der Waals surface area contributed by atoms with E-state index >= 15 is 0 Å². The number of carbonyl (C=O) groups excluding carboxylic acids is 2. The number of nitrogens with two attached hydrogens (primary N) is 1. The summed E-state index contributed by atoms with van der Waals surface area (Å²) in [6.45, 7) is 2.94. The average molecular weight is 394 g/mol. The van der Waals surface area contributed by atoms with Crippen LogP contribution >= 0.6 is 12.4 Å². The largest absolute Gasteiger partial charge is 0.330 e. The van der Waals surface area contributed by atoms with Crippen LogP contribution in [0.1, 0.15) is 57.4 Å². The third-order valence-electron chi connectivity index (χ3n) is 5.76. The molecule has 0 spiro atoms. The Hall–Kier alpha value is -1.59. The zero-order chi connectivity index (χ0) is 18.5. The molecule has 0 aromatic heterocycles. The van der Waals surface area contributed by atoms with Crippen molar-refractivity contribution in [2.75, 3.05) is 23.3 Å². The summed E-state index contributed by atoms with van der Waals surface area (Å²) in [6, 6.07) is 5.86. The predicted octanol–water partition coefficient (Wildman–Crippen LogP) is 3.89. The van der Waals surface area contributed by atoms with Crippen molar-refractivity contribution < 1.29 is 9.59 Å². The van der Waals surface area contributed by atoms with Gasteiger partial charge in [0.15, 0.2) is 0 Å². The topological polar surface area (TPSA) is 75.4 Å². The number of hydrogen-bond acceptors (Lipinski definition) is 3. The average Bonchev–Trinajstić information content (AvgIpc) is 2.67. The molecule has 2 amide bonds. The van der Waals surface area contributed by atoms with Gasteiger partial charge < -0.3 is 16.0 Å². The van der Waals surface area contributed by atoms with E-state index in [1.807, 2.05) is 30.0 Å². The second-order valence-corrected chi connectivity index (χ2v) is 7.79. The van der Waals surface area contributed by atoms with Gasteiger partial charge in [0.2, 0.25) is 11.8 Å². The molecule has 1 heterocycles. The maximum absolute atomic E-state index is 12.6. The minimum absolute atomic E-state index is 0. The first-order chi connectivity index (χ1) is 12.6. The van der Waals surface area contributed by atoms with Crippen molar-refractivity contribution in [1.82, 2.24) is 0 Å². The summed E-state index contributed by atoms with van der Waals surface area (Å²) in [6.07, 6.45) is 8.52. The summed E-state index contributed by atoms with van der Waals surface area (Å²) in [5.41, 5.74) is 8.55. The summed E-state index contributed by atoms with van der Waals surface area (Å²) in [7, 11) is 0. The number of fused-ring (bicyclic) bond motifs is 1. The lowest BCUT2D eigenvalue weighted by Crippen LogP contribution is -2.41. The maximum atomic E-state index is 12.6. The highest BCUT2D eigenvalue weighted by molar-refractivity contribution is 5.99. The third kappa shape index (κ3) is 5.23. The van der Waals surface area contributed by atoms with Gasteiger partial charge in [-0.3, -0.25) is 9.59 Å². The molecule has 1 aromatic rings. The van der Waals surface area contributed by atoms with E-state index in [-0.39, 0.29) is 30.1 Å². The first-order valence-electron chi connectivity index (χ1n) is 10.0. The summed E-state index contributed by atoms with van der Waals surface area (Å²) in [5.74, 6) is 0.500. The fourth-order valence-corrected chi connectivity index (χ4v) is 4.19. The highest BCUT2D eigenvalue weighted by atomic mass is 35.5. The third-order valence-corrected chi connectivity index (χ3v) is 5.76. The minimum Gasteiger partial charge on any atom is -0.330 e. The molecule has 1 aromatic carbocycles. The van der Waals surface area contributed by atoms with E-state index in [9.17, 15) is 9.59 Å². The van der Waals surface area contributed by atoms with Crippen LogP contribution in [0, 0.1) is 11.8 Å². The lowest BCUT2D eigenvalue weighted by Gasteiger charge is -2.32. The number of nitrogens with one attached hydrogen (secondary N) is 1. The predicted molar refractivity (Wildman–Crippen MR) is 112 cm³/mol. The van der Waals surface area contributed by atoms with Gasteiger partial charge in [0.1, 0.15) is 0 Å². The molecule has 1 atom stereocenters. The van der Waals surface area contributed by atoms with Crippen LogP contribution < -0.4 is 16.0 Å². The monoisotopic (exact) mass is 393 g/mol. The molecular weight excluding hydrogens is 362 g/mol. The summed E-state index contributed by atoms with van der Waals surface area (Å²) in [4.78, 5) is 27.0. The van der Waals surface area contributed by atoms with E-state index in [4.69, 9.17) is 5.73 Å². The van der Waals surface area contributed by atoms with Crippen LogP contribution in [0.5, 0.6) is 0 Å². The number of benzene rings is 1. The van der Waals surface area contributed by atoms with E-state index in [2.05, 4.69) is 5.32 Å². The Kier molecular flexibility index (Phi) is 8.11. The Balaban J connectivity index is 0.00000261. The number of hydrogen-bond donors (Lipinski definition) is 2. The van der Waals surface area contributed by atoms with Crippen molar-refractivity contribution in [2.45, 2.75) is 58.3 Å². The van der Waals surface area contributed by atoms with Gasteiger partial charge in [0, 0.05) is 36.8 Å². The van der Waals surface area contributed by atoms with Crippen LogP contribution in [0.3, 0.4) is 0 Å². The van der Waals surface area contributed by atoms with E-state index in [1.54, 1.807) is 0 Å². The number of nitrogens with zero attached hydrogens (tertiary/aromatic N) is 1. The Morgan fingerprint density at radius 2 is 1.96 bits per heavy atom. The van der Waals surface area contributed by atoms with Gasteiger partial charge in [-0.1, -0.05) is 32.3 Å². The quantitative estimate of drug-likeness (QED) is 0.796. The first-order valence-corrected chi connectivity index (χ1v) is 10.0. The van der Waals surface area contributed by atoms with Gasteiger partial charge in [0.25, 0.3) is 0 Å². The lowest BCUT2D eigenvalue weighted by molar-refractivity contribution is -0.121. The highest BCUT2D eigenvalue weighted by Crippen LogP contribution is 2.34. The molecule has 6 heteroatoms. The molecule has 0 saturated heterocycles. The second kappa shape index (κ2) is 10.1. The van der Waals surface area contributed by atoms with Gasteiger partial charge >= 0.3 is 0 Å². The van der Waals surface area contributed by atoms with Crippen LogP contribution in [0.25, 0.3) is 0 Å². The lowest BCUT2D eigenvalue weighted by atomic mass is 9.87. The molecule has 0 radical (unpaired) electrons. The Morgan fingerprint density at radius 1 is 1.22 bits per heavy atom. The second-order valence-electron chi connectivity index (χ2n) is 7.79. The molecule has 1 saturated carbocycles. The van der Waals surface area contributed by atoms with Gasteiger partial charge in [-0.05, 0) is 49.3 Å². The molecule has 3 rings (SSSR count). The SMILES string of the molecule is CC(CN)C(=O)N1CCCc2c(NC(=O)CC3CCCCC3)cccc21.Cl. The molecule has 1 fully saturated rings. The van der Waals surface area contributed by atoms with E-state index in [0.29, 0.717) is 18.9 Å². The number of amides is 2. The number of halogens is 1. The molecule has 0 bridgehead atoms. The molecule has 2 aliphatic rings. The van der Waals surface area contributed by atoms with Crippen molar-refractivity contribution in [1.29, 1.82) is 0 Å². The van der Waals surface area contributed by atoms with Crippen molar-refractivity contribution >= 4 is 35.6 Å². The normalized spacial score (nSPS) is 18.2. The standard InChI is InChI=1S/C21H31N3O2.ClH/c1-15(14-22)21(26)24-12-6-9-17-18(10-5-11-19(17)24)23-20(25)13-16-7-3-2-4-8-16;/h5,10-11,15-16H,2-4,6-9,12-14,22H2,1H3,(H,23,25);1H. The van der Waals surface area contributed by atoms with E-state index < -0.39 is 0 Å². The molecule has 150 valence electrons. The van der Waals surface area contributed by atoms with Crippen molar-refractivity contribution in [3.05, 3.63) is 23.8 Å². The number of anilines is 2. The van der Waals surface area contributed by atoms with Crippen LogP contribution in [0.4, 0.5) is 11.4 Å². The molecule has 5 nitrogen and oxygen atoms in total. The van der Waals surface area contributed by atoms with Gasteiger partial charge in [0.05, 0.1) is 0 Å². The van der Waals surface area contributed by atoms with E-state index in [1.165, 1.54) is 32.1 Å². The summed E-state index contributed by atoms with van der Waals surface area (Å²) < 4.78 is 0. The smallest absolute Gasteiger partial charge is 0.231 e. The molecule has 1 unspecified atom stereocenters.